The molecular weight excluding hydrogens is 222 g/mol. The molecule has 0 bridgehead atoms. The normalized spacial score (nSPS) is 23.6. The highest BCUT2D eigenvalue weighted by atomic mass is 16.5. The average molecular weight is 237 g/mol. The Labute approximate surface area is 99.0 Å². The molecule has 1 fully saturated rings. The van der Waals surface area contributed by atoms with Crippen LogP contribution in [-0.2, 0) is 4.74 Å². The van der Waals surface area contributed by atoms with Crippen molar-refractivity contribution in [3.8, 4) is 11.5 Å². The van der Waals surface area contributed by atoms with Crippen molar-refractivity contribution >= 4 is 5.91 Å². The molecule has 1 amide bonds. The molecule has 5 heteroatoms. The molecule has 1 aliphatic rings. The number of carbonyl (C=O) groups is 1. The maximum absolute atomic E-state index is 11.9. The third-order valence-corrected chi connectivity index (χ3v) is 2.86. The van der Waals surface area contributed by atoms with Crippen molar-refractivity contribution in [2.75, 3.05) is 6.61 Å². The second-order valence-corrected chi connectivity index (χ2v) is 4.18. The summed E-state index contributed by atoms with van der Waals surface area (Å²) >= 11 is 0. The van der Waals surface area contributed by atoms with Crippen molar-refractivity contribution in [2.24, 2.45) is 0 Å². The fourth-order valence-electron chi connectivity index (χ4n) is 1.90. The van der Waals surface area contributed by atoms with E-state index >= 15 is 0 Å². The van der Waals surface area contributed by atoms with Crippen LogP contribution >= 0.6 is 0 Å². The first kappa shape index (κ1) is 11.7. The van der Waals surface area contributed by atoms with E-state index in [0.717, 1.165) is 6.42 Å². The van der Waals surface area contributed by atoms with Gasteiger partial charge in [0.15, 0.2) is 0 Å². The molecule has 2 unspecified atom stereocenters. The topological polar surface area (TPSA) is 78.8 Å². The van der Waals surface area contributed by atoms with E-state index in [0.29, 0.717) is 6.61 Å². The number of phenolic OH excluding ortho intramolecular Hbond substituents is 2. The predicted octanol–water partition coefficient (Wildman–Crippen LogP) is 1.01. The van der Waals surface area contributed by atoms with Gasteiger partial charge in [0.05, 0.1) is 12.1 Å². The van der Waals surface area contributed by atoms with Crippen LogP contribution in [0, 0.1) is 0 Å². The van der Waals surface area contributed by atoms with Gasteiger partial charge in [-0.15, -0.1) is 0 Å². The van der Waals surface area contributed by atoms with Crippen LogP contribution in [0.25, 0.3) is 0 Å². The highest BCUT2D eigenvalue weighted by molar-refractivity contribution is 5.95. The Kier molecular flexibility index (Phi) is 3.19. The number of aromatic hydroxyl groups is 2. The minimum atomic E-state index is -0.321. The Morgan fingerprint density at radius 2 is 2.00 bits per heavy atom. The number of ether oxygens (including phenoxy) is 1. The molecule has 0 radical (unpaired) electrons. The third-order valence-electron chi connectivity index (χ3n) is 2.86. The zero-order valence-corrected chi connectivity index (χ0v) is 9.51. The van der Waals surface area contributed by atoms with Crippen molar-refractivity contribution in [3.63, 3.8) is 0 Å². The van der Waals surface area contributed by atoms with Crippen LogP contribution in [0.4, 0.5) is 0 Å². The smallest absolute Gasteiger partial charge is 0.251 e. The quantitative estimate of drug-likeness (QED) is 0.717. The lowest BCUT2D eigenvalue weighted by atomic mass is 10.1. The predicted molar refractivity (Wildman–Crippen MR) is 61.1 cm³/mol. The number of phenols is 2. The molecule has 1 aliphatic heterocycles. The zero-order chi connectivity index (χ0) is 12.4. The number of nitrogens with one attached hydrogen (secondary N) is 1. The number of benzene rings is 1. The van der Waals surface area contributed by atoms with Crippen molar-refractivity contribution in [3.05, 3.63) is 23.8 Å². The van der Waals surface area contributed by atoms with Crippen LogP contribution in [0.3, 0.4) is 0 Å². The van der Waals surface area contributed by atoms with Gasteiger partial charge in [-0.05, 0) is 25.5 Å². The van der Waals surface area contributed by atoms with Gasteiger partial charge in [0, 0.05) is 18.2 Å². The number of amides is 1. The minimum Gasteiger partial charge on any atom is -0.508 e. The highest BCUT2D eigenvalue weighted by Crippen LogP contribution is 2.21. The molecule has 17 heavy (non-hydrogen) atoms. The highest BCUT2D eigenvalue weighted by Gasteiger charge is 2.26. The lowest BCUT2D eigenvalue weighted by Gasteiger charge is -2.16. The Morgan fingerprint density at radius 1 is 1.35 bits per heavy atom. The zero-order valence-electron chi connectivity index (χ0n) is 9.51. The van der Waals surface area contributed by atoms with Crippen molar-refractivity contribution in [2.45, 2.75) is 25.5 Å². The summed E-state index contributed by atoms with van der Waals surface area (Å²) in [6.07, 6.45) is 0.766. The maximum Gasteiger partial charge on any atom is 0.251 e. The average Bonchev–Trinajstić information content (AvgIpc) is 2.63. The van der Waals surface area contributed by atoms with Crippen LogP contribution < -0.4 is 5.32 Å². The van der Waals surface area contributed by atoms with Gasteiger partial charge >= 0.3 is 0 Å². The monoisotopic (exact) mass is 237 g/mol. The Bertz CT molecular complexity index is 412. The van der Waals surface area contributed by atoms with Gasteiger partial charge in [-0.25, -0.2) is 0 Å². The molecule has 0 spiro atoms. The summed E-state index contributed by atoms with van der Waals surface area (Å²) in [5, 5.41) is 21.4. The first-order valence-electron chi connectivity index (χ1n) is 5.52. The number of carbonyl (C=O) groups excluding carboxylic acids is 1. The van der Waals surface area contributed by atoms with Gasteiger partial charge in [-0.2, -0.15) is 0 Å². The third kappa shape index (κ3) is 2.68. The second kappa shape index (κ2) is 4.63. The van der Waals surface area contributed by atoms with Gasteiger partial charge in [-0.1, -0.05) is 0 Å². The van der Waals surface area contributed by atoms with Gasteiger partial charge < -0.3 is 20.3 Å². The molecule has 3 N–H and O–H groups in total. The van der Waals surface area contributed by atoms with Crippen molar-refractivity contribution < 1.29 is 19.7 Å². The summed E-state index contributed by atoms with van der Waals surface area (Å²) in [5.74, 6) is -0.588. The summed E-state index contributed by atoms with van der Waals surface area (Å²) in [4.78, 5) is 11.9. The fraction of sp³-hybridized carbons (Fsp3) is 0.417. The summed E-state index contributed by atoms with van der Waals surface area (Å²) in [6, 6.07) is 3.79. The van der Waals surface area contributed by atoms with Gasteiger partial charge in [-0.3, -0.25) is 4.79 Å². The molecule has 2 rings (SSSR count). The van der Waals surface area contributed by atoms with Crippen LogP contribution in [0.15, 0.2) is 18.2 Å². The molecule has 92 valence electrons. The Balaban J connectivity index is 2.09. The van der Waals surface area contributed by atoms with E-state index in [-0.39, 0.29) is 35.1 Å². The lowest BCUT2D eigenvalue weighted by molar-refractivity contribution is 0.0865. The van der Waals surface area contributed by atoms with E-state index in [1.165, 1.54) is 18.2 Å². The SMILES string of the molecule is CC1OCCC1NC(=O)c1cc(O)cc(O)c1. The van der Waals surface area contributed by atoms with E-state index in [1.54, 1.807) is 0 Å². The summed E-state index contributed by atoms with van der Waals surface area (Å²) < 4.78 is 5.34. The lowest BCUT2D eigenvalue weighted by Crippen LogP contribution is -2.39. The first-order valence-corrected chi connectivity index (χ1v) is 5.52. The number of hydrogen-bond acceptors (Lipinski definition) is 4. The second-order valence-electron chi connectivity index (χ2n) is 4.18. The van der Waals surface area contributed by atoms with Crippen LogP contribution in [-0.4, -0.2) is 34.9 Å². The molecule has 1 heterocycles. The van der Waals surface area contributed by atoms with Crippen molar-refractivity contribution in [1.29, 1.82) is 0 Å². The molecule has 0 aliphatic carbocycles. The van der Waals surface area contributed by atoms with E-state index in [2.05, 4.69) is 5.32 Å². The molecule has 0 saturated carbocycles. The molecule has 5 nitrogen and oxygen atoms in total. The number of rotatable bonds is 2. The molecular formula is C12H15NO4. The van der Waals surface area contributed by atoms with E-state index in [9.17, 15) is 15.0 Å². The van der Waals surface area contributed by atoms with Gasteiger partial charge in [0.1, 0.15) is 11.5 Å². The maximum atomic E-state index is 11.9. The fourth-order valence-corrected chi connectivity index (χ4v) is 1.90. The van der Waals surface area contributed by atoms with E-state index < -0.39 is 0 Å². The minimum absolute atomic E-state index is 0.00939. The summed E-state index contributed by atoms with van der Waals surface area (Å²) in [6.45, 7) is 2.54. The Morgan fingerprint density at radius 3 is 2.53 bits per heavy atom. The van der Waals surface area contributed by atoms with E-state index in [4.69, 9.17) is 4.74 Å². The largest absolute Gasteiger partial charge is 0.508 e. The van der Waals surface area contributed by atoms with Crippen LogP contribution in [0.2, 0.25) is 0 Å². The van der Waals surface area contributed by atoms with Gasteiger partial charge in [0.25, 0.3) is 5.91 Å². The number of hydrogen-bond donors (Lipinski definition) is 3. The summed E-state index contributed by atoms with van der Waals surface area (Å²) in [5.41, 5.74) is 0.238. The molecule has 0 aromatic heterocycles. The van der Waals surface area contributed by atoms with Gasteiger partial charge in [0.2, 0.25) is 0 Å². The van der Waals surface area contributed by atoms with Crippen LogP contribution in [0.1, 0.15) is 23.7 Å². The molecule has 1 aromatic carbocycles. The molecule has 1 aromatic rings. The first-order chi connectivity index (χ1) is 8.06. The molecule has 2 atom stereocenters. The van der Waals surface area contributed by atoms with Crippen LogP contribution in [0.5, 0.6) is 11.5 Å². The summed E-state index contributed by atoms with van der Waals surface area (Å²) in [7, 11) is 0. The van der Waals surface area contributed by atoms with Crippen molar-refractivity contribution in [1.82, 2.24) is 5.32 Å². The standard InChI is InChI=1S/C12H15NO4/c1-7-11(2-3-17-7)13-12(16)8-4-9(14)6-10(15)5-8/h4-7,11,14-15H,2-3H2,1H3,(H,13,16). The Hall–Kier alpha value is -1.75. The van der Waals surface area contributed by atoms with E-state index in [1.807, 2.05) is 6.92 Å². The molecule has 1 saturated heterocycles.